The molecule has 0 aromatic heterocycles. The van der Waals surface area contributed by atoms with Gasteiger partial charge in [-0.05, 0) is 12.1 Å². The van der Waals surface area contributed by atoms with Crippen LogP contribution in [-0.2, 0) is 0 Å². The van der Waals surface area contributed by atoms with Crippen molar-refractivity contribution in [1.29, 1.82) is 0 Å². The molecule has 1 aromatic rings. The van der Waals surface area contributed by atoms with Crippen molar-refractivity contribution in [3.63, 3.8) is 0 Å². The van der Waals surface area contributed by atoms with E-state index in [0.29, 0.717) is 0 Å². The Hall–Kier alpha value is -0.420. The van der Waals surface area contributed by atoms with Gasteiger partial charge in [0.25, 0.3) is 0 Å². The Bertz CT molecular complexity index is 194. The van der Waals surface area contributed by atoms with Crippen LogP contribution in [0.5, 0.6) is 0 Å². The van der Waals surface area contributed by atoms with E-state index in [9.17, 15) is 0 Å². The van der Waals surface area contributed by atoms with E-state index >= 15 is 0 Å². The number of nitrogens with zero attached hydrogens (tertiary/aromatic N) is 1. The lowest BCUT2D eigenvalue weighted by molar-refractivity contribution is 1.21. The first-order valence-electron chi connectivity index (χ1n) is 2.81. The van der Waals surface area contributed by atoms with Crippen LogP contribution in [0.4, 0.5) is 5.69 Å². The Morgan fingerprint density at radius 2 is 1.73 bits per heavy atom. The maximum atomic E-state index is 5.47. The average molecular weight is 192 g/mol. The zero-order valence-corrected chi connectivity index (χ0v) is 7.44. The van der Waals surface area contributed by atoms with Gasteiger partial charge in [0.2, 0.25) is 0 Å². The molecule has 62 valence electrons. The number of hydrazine groups is 1. The molecule has 0 fully saturated rings. The molecule has 0 heterocycles. The molecule has 0 bridgehead atoms. The molecule has 0 aliphatic heterocycles. The van der Waals surface area contributed by atoms with Crippen LogP contribution in [-0.4, -0.2) is 0 Å². The number of halogens is 1. The standard InChI is InChI=1S/C6H9N3S.ClH/c7-9(10-8)6-4-2-1-3-5-6;/h1-5H,7-8H2;1H. The smallest absolute Gasteiger partial charge is 0.0658 e. The average Bonchev–Trinajstić information content (AvgIpc) is 2.05. The highest BCUT2D eigenvalue weighted by molar-refractivity contribution is 7.98. The summed E-state index contributed by atoms with van der Waals surface area (Å²) in [6, 6.07) is 9.52. The highest BCUT2D eigenvalue weighted by Crippen LogP contribution is 2.12. The van der Waals surface area contributed by atoms with Crippen LogP contribution in [0.2, 0.25) is 0 Å². The molecule has 0 radical (unpaired) electrons. The fourth-order valence-electron chi connectivity index (χ4n) is 0.636. The van der Waals surface area contributed by atoms with Crippen molar-refractivity contribution >= 4 is 30.2 Å². The molecule has 1 aromatic carbocycles. The summed E-state index contributed by atoms with van der Waals surface area (Å²) in [5.74, 6) is 5.47. The molecule has 0 unspecified atom stereocenters. The van der Waals surface area contributed by atoms with Crippen LogP contribution in [0.3, 0.4) is 0 Å². The van der Waals surface area contributed by atoms with Crippen molar-refractivity contribution in [2.45, 2.75) is 0 Å². The van der Waals surface area contributed by atoms with E-state index < -0.39 is 0 Å². The Kier molecular flexibility index (Phi) is 5.06. The predicted molar refractivity (Wildman–Crippen MR) is 52.1 cm³/mol. The van der Waals surface area contributed by atoms with Crippen molar-refractivity contribution in [2.75, 3.05) is 4.41 Å². The van der Waals surface area contributed by atoms with Crippen molar-refractivity contribution in [3.8, 4) is 0 Å². The first-order valence-corrected chi connectivity index (χ1v) is 3.65. The van der Waals surface area contributed by atoms with Crippen molar-refractivity contribution in [2.24, 2.45) is 11.0 Å². The van der Waals surface area contributed by atoms with Crippen molar-refractivity contribution in [3.05, 3.63) is 30.3 Å². The van der Waals surface area contributed by atoms with Gasteiger partial charge in [-0.15, -0.1) is 12.4 Å². The number of rotatable bonds is 2. The molecule has 3 nitrogen and oxygen atoms in total. The van der Waals surface area contributed by atoms with Crippen molar-refractivity contribution in [1.82, 2.24) is 0 Å². The molecular weight excluding hydrogens is 182 g/mol. The Balaban J connectivity index is 0.000001000. The molecule has 0 saturated heterocycles. The molecule has 0 atom stereocenters. The van der Waals surface area contributed by atoms with E-state index in [2.05, 4.69) is 0 Å². The minimum absolute atomic E-state index is 0. The molecule has 11 heavy (non-hydrogen) atoms. The first-order chi connectivity index (χ1) is 4.84. The van der Waals surface area contributed by atoms with Gasteiger partial charge in [-0.3, -0.25) is 5.14 Å². The topological polar surface area (TPSA) is 55.3 Å². The molecular formula is C6H10ClN3S. The zero-order chi connectivity index (χ0) is 7.40. The number of hydrogen-bond acceptors (Lipinski definition) is 4. The van der Waals surface area contributed by atoms with E-state index in [-0.39, 0.29) is 12.4 Å². The first kappa shape index (κ1) is 10.6. The number of benzene rings is 1. The van der Waals surface area contributed by atoms with Crippen LogP contribution >= 0.6 is 24.5 Å². The van der Waals surface area contributed by atoms with E-state index in [1.807, 2.05) is 30.3 Å². The monoisotopic (exact) mass is 191 g/mol. The summed E-state index contributed by atoms with van der Waals surface area (Å²) in [5, 5.41) is 5.22. The minimum atomic E-state index is 0. The highest BCUT2D eigenvalue weighted by atomic mass is 35.5. The normalized spacial score (nSPS) is 8.55. The molecule has 0 amide bonds. The molecule has 0 saturated carbocycles. The van der Waals surface area contributed by atoms with Gasteiger partial charge < -0.3 is 0 Å². The van der Waals surface area contributed by atoms with Gasteiger partial charge in [-0.25, -0.2) is 10.3 Å². The fraction of sp³-hybridized carbons (Fsp3) is 0. The van der Waals surface area contributed by atoms with Crippen molar-refractivity contribution < 1.29 is 0 Å². The third kappa shape index (κ3) is 2.98. The highest BCUT2D eigenvalue weighted by Gasteiger charge is 1.95. The second-order valence-corrected chi connectivity index (χ2v) is 2.37. The summed E-state index contributed by atoms with van der Waals surface area (Å²) >= 11 is 0.989. The fourth-order valence-corrected chi connectivity index (χ4v) is 0.879. The lowest BCUT2D eigenvalue weighted by atomic mass is 10.3. The molecule has 5 heteroatoms. The third-order valence-electron chi connectivity index (χ3n) is 1.12. The Labute approximate surface area is 76.4 Å². The number of para-hydroxylation sites is 1. The molecule has 1 rings (SSSR count). The predicted octanol–water partition coefficient (Wildman–Crippen LogP) is 1.31. The SMILES string of the molecule is Cl.NSN(N)c1ccccc1. The summed E-state index contributed by atoms with van der Waals surface area (Å²) in [6.07, 6.45) is 0. The summed E-state index contributed by atoms with van der Waals surface area (Å²) < 4.78 is 1.40. The maximum Gasteiger partial charge on any atom is 0.0658 e. The quantitative estimate of drug-likeness (QED) is 0.421. The summed E-state index contributed by atoms with van der Waals surface area (Å²) in [5.41, 5.74) is 0.898. The van der Waals surface area contributed by atoms with Crippen LogP contribution in [0.1, 0.15) is 0 Å². The van der Waals surface area contributed by atoms with Gasteiger partial charge in [-0.2, -0.15) is 0 Å². The zero-order valence-electron chi connectivity index (χ0n) is 5.81. The third-order valence-corrected chi connectivity index (χ3v) is 1.56. The van der Waals surface area contributed by atoms with Crippen LogP contribution in [0.15, 0.2) is 30.3 Å². The Morgan fingerprint density at radius 3 is 2.18 bits per heavy atom. The molecule has 0 spiro atoms. The van der Waals surface area contributed by atoms with Crippen LogP contribution < -0.4 is 15.4 Å². The van der Waals surface area contributed by atoms with Crippen LogP contribution in [0, 0.1) is 0 Å². The summed E-state index contributed by atoms with van der Waals surface area (Å²) in [4.78, 5) is 0. The van der Waals surface area contributed by atoms with E-state index in [4.69, 9.17) is 11.0 Å². The van der Waals surface area contributed by atoms with Gasteiger partial charge in [-0.1, -0.05) is 18.2 Å². The number of anilines is 1. The minimum Gasteiger partial charge on any atom is -0.258 e. The summed E-state index contributed by atoms with van der Waals surface area (Å²) in [6.45, 7) is 0. The van der Waals surface area contributed by atoms with Gasteiger partial charge in [0.1, 0.15) is 0 Å². The lowest BCUT2D eigenvalue weighted by Gasteiger charge is -2.12. The molecule has 0 aliphatic rings. The second kappa shape index (κ2) is 5.26. The maximum absolute atomic E-state index is 5.47. The second-order valence-electron chi connectivity index (χ2n) is 1.77. The van der Waals surface area contributed by atoms with Gasteiger partial charge in [0, 0.05) is 0 Å². The lowest BCUT2D eigenvalue weighted by Crippen LogP contribution is -2.24. The van der Waals surface area contributed by atoms with E-state index in [0.717, 1.165) is 17.8 Å². The van der Waals surface area contributed by atoms with Gasteiger partial charge in [0.05, 0.1) is 17.8 Å². The largest absolute Gasteiger partial charge is 0.258 e. The van der Waals surface area contributed by atoms with E-state index in [1.54, 1.807) is 0 Å². The summed E-state index contributed by atoms with van der Waals surface area (Å²) in [7, 11) is 0. The molecule has 4 N–H and O–H groups in total. The van der Waals surface area contributed by atoms with Crippen LogP contribution in [0.25, 0.3) is 0 Å². The number of hydrogen-bond donors (Lipinski definition) is 2. The number of nitrogens with two attached hydrogens (primary N) is 2. The van der Waals surface area contributed by atoms with Gasteiger partial charge >= 0.3 is 0 Å². The Morgan fingerprint density at radius 1 is 1.18 bits per heavy atom. The van der Waals surface area contributed by atoms with Gasteiger partial charge in [0.15, 0.2) is 0 Å². The molecule has 0 aliphatic carbocycles. The van der Waals surface area contributed by atoms with E-state index in [1.165, 1.54) is 4.41 Å².